The SMILES string of the molecule is CN(C)c1ncc(-c2ccncc2)c([C@H]2CCCN2C(=O)c2ccc(Cl)c(Cl)c2)n1. The number of rotatable bonds is 4. The van der Waals surface area contributed by atoms with Crippen LogP contribution in [0.5, 0.6) is 0 Å². The maximum Gasteiger partial charge on any atom is 0.254 e. The van der Waals surface area contributed by atoms with Gasteiger partial charge < -0.3 is 9.80 Å². The second kappa shape index (κ2) is 8.58. The van der Waals surface area contributed by atoms with Gasteiger partial charge in [0.15, 0.2) is 0 Å². The number of carbonyl (C=O) groups is 1. The van der Waals surface area contributed by atoms with Crippen LogP contribution in [0.25, 0.3) is 11.1 Å². The maximum absolute atomic E-state index is 13.3. The Kier molecular flexibility index (Phi) is 5.88. The number of carbonyl (C=O) groups excluding carboxylic acids is 1. The van der Waals surface area contributed by atoms with Crippen molar-refractivity contribution in [2.24, 2.45) is 0 Å². The van der Waals surface area contributed by atoms with Gasteiger partial charge in [0.2, 0.25) is 5.95 Å². The molecular weight excluding hydrogens is 421 g/mol. The molecule has 2 aromatic heterocycles. The molecule has 30 heavy (non-hydrogen) atoms. The van der Waals surface area contributed by atoms with Crippen LogP contribution >= 0.6 is 23.2 Å². The van der Waals surface area contributed by atoms with E-state index in [-0.39, 0.29) is 11.9 Å². The van der Waals surface area contributed by atoms with E-state index in [2.05, 4.69) is 9.97 Å². The van der Waals surface area contributed by atoms with Crippen LogP contribution in [-0.4, -0.2) is 46.4 Å². The molecule has 0 bridgehead atoms. The summed E-state index contributed by atoms with van der Waals surface area (Å²) in [7, 11) is 3.80. The Bertz CT molecular complexity index is 1070. The van der Waals surface area contributed by atoms with Crippen molar-refractivity contribution in [3.8, 4) is 11.1 Å². The molecule has 0 saturated carbocycles. The van der Waals surface area contributed by atoms with E-state index >= 15 is 0 Å². The Labute approximate surface area is 185 Å². The third-order valence-electron chi connectivity index (χ3n) is 5.19. The van der Waals surface area contributed by atoms with Gasteiger partial charge in [0.25, 0.3) is 5.91 Å². The van der Waals surface area contributed by atoms with Gasteiger partial charge in [-0.25, -0.2) is 9.97 Å². The fourth-order valence-electron chi connectivity index (χ4n) is 3.70. The summed E-state index contributed by atoms with van der Waals surface area (Å²) in [4.78, 5) is 30.5. The minimum Gasteiger partial charge on any atom is -0.347 e. The van der Waals surface area contributed by atoms with Crippen LogP contribution in [0.4, 0.5) is 5.95 Å². The highest BCUT2D eigenvalue weighted by molar-refractivity contribution is 6.42. The van der Waals surface area contributed by atoms with Gasteiger partial charge in [-0.2, -0.15) is 0 Å². The maximum atomic E-state index is 13.3. The molecule has 8 heteroatoms. The quantitative estimate of drug-likeness (QED) is 0.576. The van der Waals surface area contributed by atoms with Crippen LogP contribution in [0.15, 0.2) is 48.9 Å². The van der Waals surface area contributed by atoms with Gasteiger partial charge in [-0.1, -0.05) is 23.2 Å². The fourth-order valence-corrected chi connectivity index (χ4v) is 4.00. The molecule has 0 aliphatic carbocycles. The second-order valence-electron chi connectivity index (χ2n) is 7.38. The molecule has 1 atom stereocenters. The minimum absolute atomic E-state index is 0.0817. The summed E-state index contributed by atoms with van der Waals surface area (Å²) in [5, 5.41) is 0.797. The van der Waals surface area contributed by atoms with Crippen molar-refractivity contribution in [1.82, 2.24) is 19.9 Å². The topological polar surface area (TPSA) is 62.2 Å². The zero-order chi connectivity index (χ0) is 21.3. The average molecular weight is 442 g/mol. The van der Waals surface area contributed by atoms with Crippen LogP contribution < -0.4 is 4.90 Å². The van der Waals surface area contributed by atoms with Crippen LogP contribution in [-0.2, 0) is 0 Å². The number of halogens is 2. The molecule has 1 aliphatic heterocycles. The van der Waals surface area contributed by atoms with E-state index in [9.17, 15) is 4.79 Å². The molecule has 1 aromatic carbocycles. The number of amides is 1. The highest BCUT2D eigenvalue weighted by Crippen LogP contribution is 2.38. The Morgan fingerprint density at radius 2 is 1.90 bits per heavy atom. The van der Waals surface area contributed by atoms with Gasteiger partial charge in [0.1, 0.15) is 0 Å². The molecule has 3 aromatic rings. The Hall–Kier alpha value is -2.70. The van der Waals surface area contributed by atoms with E-state index in [1.807, 2.05) is 42.2 Å². The third-order valence-corrected chi connectivity index (χ3v) is 5.93. The van der Waals surface area contributed by atoms with E-state index in [1.54, 1.807) is 30.6 Å². The summed E-state index contributed by atoms with van der Waals surface area (Å²) in [6.45, 7) is 0.654. The number of likely N-dealkylation sites (tertiary alicyclic amines) is 1. The van der Waals surface area contributed by atoms with Gasteiger partial charge in [-0.3, -0.25) is 9.78 Å². The number of hydrogen-bond donors (Lipinski definition) is 0. The molecule has 1 aliphatic rings. The molecule has 0 N–H and O–H groups in total. The highest BCUT2D eigenvalue weighted by Gasteiger charge is 2.34. The molecule has 4 rings (SSSR count). The first kappa shape index (κ1) is 20.6. The van der Waals surface area contributed by atoms with Gasteiger partial charge in [0.05, 0.1) is 21.8 Å². The summed E-state index contributed by atoms with van der Waals surface area (Å²) in [6, 6.07) is 8.68. The van der Waals surface area contributed by atoms with Gasteiger partial charge in [-0.05, 0) is 48.7 Å². The zero-order valence-corrected chi connectivity index (χ0v) is 18.2. The molecule has 1 fully saturated rings. The predicted octanol–water partition coefficient (Wildman–Crippen LogP) is 4.89. The lowest BCUT2D eigenvalue weighted by atomic mass is 10.0. The molecule has 6 nitrogen and oxygen atoms in total. The van der Waals surface area contributed by atoms with Crippen LogP contribution in [0.3, 0.4) is 0 Å². The van der Waals surface area contributed by atoms with Crippen LogP contribution in [0, 0.1) is 0 Å². The number of anilines is 1. The van der Waals surface area contributed by atoms with Crippen molar-refractivity contribution in [1.29, 1.82) is 0 Å². The molecule has 0 spiro atoms. The van der Waals surface area contributed by atoms with Crippen molar-refractivity contribution in [2.75, 3.05) is 25.5 Å². The summed E-state index contributed by atoms with van der Waals surface area (Å²) in [6.07, 6.45) is 7.04. The van der Waals surface area contributed by atoms with Crippen molar-refractivity contribution < 1.29 is 4.79 Å². The van der Waals surface area contributed by atoms with E-state index in [4.69, 9.17) is 28.2 Å². The number of aromatic nitrogens is 3. The Morgan fingerprint density at radius 1 is 1.13 bits per heavy atom. The fraction of sp³-hybridized carbons (Fsp3) is 0.273. The average Bonchev–Trinajstić information content (AvgIpc) is 3.25. The first-order chi connectivity index (χ1) is 14.5. The normalized spacial score (nSPS) is 16.0. The highest BCUT2D eigenvalue weighted by atomic mass is 35.5. The Balaban J connectivity index is 1.76. The lowest BCUT2D eigenvalue weighted by molar-refractivity contribution is 0.0733. The van der Waals surface area contributed by atoms with Gasteiger partial charge in [0, 0.05) is 50.4 Å². The van der Waals surface area contributed by atoms with Crippen LogP contribution in [0.2, 0.25) is 10.0 Å². The molecule has 1 saturated heterocycles. The minimum atomic E-state index is -0.156. The number of pyridine rings is 1. The largest absolute Gasteiger partial charge is 0.347 e. The lowest BCUT2D eigenvalue weighted by Crippen LogP contribution is -2.31. The summed E-state index contributed by atoms with van der Waals surface area (Å²) in [5.41, 5.74) is 3.23. The van der Waals surface area contributed by atoms with E-state index in [0.29, 0.717) is 28.1 Å². The van der Waals surface area contributed by atoms with Crippen LogP contribution in [0.1, 0.15) is 34.9 Å². The third kappa shape index (κ3) is 3.98. The molecule has 1 amide bonds. The molecule has 0 radical (unpaired) electrons. The predicted molar refractivity (Wildman–Crippen MR) is 119 cm³/mol. The van der Waals surface area contributed by atoms with E-state index in [0.717, 1.165) is 29.7 Å². The second-order valence-corrected chi connectivity index (χ2v) is 8.20. The summed E-state index contributed by atoms with van der Waals surface area (Å²) >= 11 is 12.2. The lowest BCUT2D eigenvalue weighted by Gasteiger charge is -2.27. The van der Waals surface area contributed by atoms with Crippen molar-refractivity contribution >= 4 is 35.1 Å². The smallest absolute Gasteiger partial charge is 0.254 e. The summed E-state index contributed by atoms with van der Waals surface area (Å²) < 4.78 is 0. The molecular formula is C22H21Cl2N5O. The van der Waals surface area contributed by atoms with Crippen molar-refractivity contribution in [2.45, 2.75) is 18.9 Å². The van der Waals surface area contributed by atoms with Gasteiger partial charge in [-0.15, -0.1) is 0 Å². The molecule has 154 valence electrons. The van der Waals surface area contributed by atoms with Crippen molar-refractivity contribution in [3.05, 3.63) is 70.2 Å². The first-order valence-corrected chi connectivity index (χ1v) is 10.4. The summed E-state index contributed by atoms with van der Waals surface area (Å²) in [5.74, 6) is 0.526. The molecule has 3 heterocycles. The Morgan fingerprint density at radius 3 is 2.60 bits per heavy atom. The van der Waals surface area contributed by atoms with E-state index < -0.39 is 0 Å². The van der Waals surface area contributed by atoms with E-state index in [1.165, 1.54) is 0 Å². The zero-order valence-electron chi connectivity index (χ0n) is 16.7. The number of hydrogen-bond acceptors (Lipinski definition) is 5. The first-order valence-electron chi connectivity index (χ1n) is 9.66. The van der Waals surface area contributed by atoms with Gasteiger partial charge >= 0.3 is 0 Å². The monoisotopic (exact) mass is 441 g/mol. The van der Waals surface area contributed by atoms with Crippen molar-refractivity contribution in [3.63, 3.8) is 0 Å². The molecule has 0 unspecified atom stereocenters. The number of benzene rings is 1. The standard InChI is InChI=1S/C22H21Cl2N5O/c1-28(2)22-26-13-16(14-7-9-25-10-8-14)20(27-22)19-4-3-11-29(19)21(30)15-5-6-17(23)18(24)12-15/h5-10,12-13,19H,3-4,11H2,1-2H3/t19-/m1/s1. The number of nitrogens with zero attached hydrogens (tertiary/aromatic N) is 5.